The highest BCUT2D eigenvalue weighted by atomic mass is 16.5. The van der Waals surface area contributed by atoms with E-state index in [0.717, 1.165) is 5.56 Å². The highest BCUT2D eigenvalue weighted by molar-refractivity contribution is 5.90. The van der Waals surface area contributed by atoms with Gasteiger partial charge in [0.1, 0.15) is 5.75 Å². The number of carbonyl (C=O) groups excluding carboxylic acids is 1. The van der Waals surface area contributed by atoms with Gasteiger partial charge in [-0.1, -0.05) is 36.4 Å². The van der Waals surface area contributed by atoms with E-state index in [9.17, 15) is 4.79 Å². The minimum absolute atomic E-state index is 0.353. The molecule has 0 bridgehead atoms. The summed E-state index contributed by atoms with van der Waals surface area (Å²) in [7, 11) is 0. The average Bonchev–Trinajstić information content (AvgIpc) is 2.63. The Balaban J connectivity index is 1.65. The maximum absolute atomic E-state index is 12.0. The molecule has 0 unspecified atom stereocenters. The van der Waals surface area contributed by atoms with E-state index in [4.69, 9.17) is 4.74 Å². The zero-order chi connectivity index (χ0) is 15.9. The van der Waals surface area contributed by atoms with Gasteiger partial charge in [0.05, 0.1) is 5.56 Å². The summed E-state index contributed by atoms with van der Waals surface area (Å²) in [5, 5.41) is 0. The second-order valence-electron chi connectivity index (χ2n) is 4.96. The van der Waals surface area contributed by atoms with Crippen LogP contribution < -0.4 is 9.30 Å². The van der Waals surface area contributed by atoms with Crippen molar-refractivity contribution in [2.24, 2.45) is 0 Å². The van der Waals surface area contributed by atoms with Crippen LogP contribution in [0.25, 0.3) is 12.3 Å². The summed E-state index contributed by atoms with van der Waals surface area (Å²) < 4.78 is 7.31. The van der Waals surface area contributed by atoms with Gasteiger partial charge >= 0.3 is 5.97 Å². The molecule has 0 atom stereocenters. The van der Waals surface area contributed by atoms with E-state index in [1.54, 1.807) is 24.3 Å². The number of benzene rings is 2. The van der Waals surface area contributed by atoms with E-state index in [-0.39, 0.29) is 5.97 Å². The SMILES string of the molecule is O=C(Oc1ccc(C=C[n+]2ccccc2)cc1)c1ccccc1. The summed E-state index contributed by atoms with van der Waals surface area (Å²) in [5.74, 6) is 0.178. The van der Waals surface area contributed by atoms with Gasteiger partial charge in [0.25, 0.3) is 0 Å². The Hall–Kier alpha value is -3.20. The number of ether oxygens (including phenoxy) is 1. The summed E-state index contributed by atoms with van der Waals surface area (Å²) in [6.45, 7) is 0. The quantitative estimate of drug-likeness (QED) is 0.416. The summed E-state index contributed by atoms with van der Waals surface area (Å²) in [6.07, 6.45) is 7.88. The predicted octanol–water partition coefficient (Wildman–Crippen LogP) is 3.82. The molecule has 3 heteroatoms. The standard InChI is InChI=1S/C20H16NO2/c22-20(18-7-3-1-4-8-18)23-19-11-9-17(10-12-19)13-16-21-14-5-2-6-15-21/h1-16H/q+1. The third-order valence-electron chi connectivity index (χ3n) is 3.28. The fourth-order valence-electron chi connectivity index (χ4n) is 2.07. The number of aromatic nitrogens is 1. The second-order valence-corrected chi connectivity index (χ2v) is 4.96. The Morgan fingerprint density at radius 2 is 1.48 bits per heavy atom. The molecule has 0 saturated carbocycles. The van der Waals surface area contributed by atoms with Crippen LogP contribution in [0.5, 0.6) is 5.75 Å². The van der Waals surface area contributed by atoms with Crippen molar-refractivity contribution in [2.45, 2.75) is 0 Å². The normalized spacial score (nSPS) is 10.6. The lowest BCUT2D eigenvalue weighted by Gasteiger charge is -2.04. The van der Waals surface area contributed by atoms with Crippen LogP contribution in [0.4, 0.5) is 0 Å². The number of pyridine rings is 1. The molecule has 0 aliphatic rings. The van der Waals surface area contributed by atoms with Gasteiger partial charge in [-0.2, -0.15) is 4.57 Å². The number of carbonyl (C=O) groups is 1. The molecule has 0 radical (unpaired) electrons. The van der Waals surface area contributed by atoms with Gasteiger partial charge in [0.15, 0.2) is 18.6 Å². The minimum Gasteiger partial charge on any atom is -0.423 e. The lowest BCUT2D eigenvalue weighted by atomic mass is 10.2. The molecule has 3 nitrogen and oxygen atoms in total. The van der Waals surface area contributed by atoms with Crippen molar-refractivity contribution in [1.82, 2.24) is 0 Å². The van der Waals surface area contributed by atoms with E-state index in [1.165, 1.54) is 0 Å². The Labute approximate surface area is 135 Å². The molecule has 0 aliphatic carbocycles. The van der Waals surface area contributed by atoms with Crippen LogP contribution in [0.15, 0.2) is 85.2 Å². The lowest BCUT2D eigenvalue weighted by molar-refractivity contribution is -0.567. The third kappa shape index (κ3) is 4.14. The van der Waals surface area contributed by atoms with Gasteiger partial charge in [0.2, 0.25) is 0 Å². The van der Waals surface area contributed by atoms with Crippen molar-refractivity contribution in [3.63, 3.8) is 0 Å². The molecule has 0 fully saturated rings. The first-order valence-corrected chi connectivity index (χ1v) is 7.32. The molecule has 0 saturated heterocycles. The number of hydrogen-bond donors (Lipinski definition) is 0. The maximum Gasteiger partial charge on any atom is 0.343 e. The van der Waals surface area contributed by atoms with Crippen LogP contribution in [-0.4, -0.2) is 5.97 Å². The number of nitrogens with zero attached hydrogens (tertiary/aromatic N) is 1. The second kappa shape index (κ2) is 7.18. The first kappa shape index (κ1) is 14.7. The Kier molecular flexibility index (Phi) is 4.60. The zero-order valence-corrected chi connectivity index (χ0v) is 12.5. The van der Waals surface area contributed by atoms with Crippen LogP contribution >= 0.6 is 0 Å². The molecule has 0 amide bonds. The lowest BCUT2D eigenvalue weighted by Crippen LogP contribution is -2.23. The number of hydrogen-bond acceptors (Lipinski definition) is 2. The Bertz CT molecular complexity index is 794. The molecule has 3 aromatic rings. The first-order valence-electron chi connectivity index (χ1n) is 7.32. The van der Waals surface area contributed by atoms with Crippen molar-refractivity contribution >= 4 is 18.2 Å². The maximum atomic E-state index is 12.0. The highest BCUT2D eigenvalue weighted by Gasteiger charge is 2.07. The third-order valence-corrected chi connectivity index (χ3v) is 3.28. The van der Waals surface area contributed by atoms with Gasteiger partial charge in [-0.15, -0.1) is 0 Å². The minimum atomic E-state index is -0.353. The van der Waals surface area contributed by atoms with Gasteiger partial charge in [-0.05, 0) is 29.8 Å². The van der Waals surface area contributed by atoms with E-state index >= 15 is 0 Å². The van der Waals surface area contributed by atoms with Gasteiger partial charge in [-0.25, -0.2) is 4.79 Å². The van der Waals surface area contributed by atoms with Crippen LogP contribution in [0.2, 0.25) is 0 Å². The van der Waals surface area contributed by atoms with Crippen molar-refractivity contribution < 1.29 is 14.1 Å². The van der Waals surface area contributed by atoms with Crippen molar-refractivity contribution in [3.05, 3.63) is 96.3 Å². The zero-order valence-electron chi connectivity index (χ0n) is 12.5. The van der Waals surface area contributed by atoms with Crippen LogP contribution in [0.1, 0.15) is 15.9 Å². The highest BCUT2D eigenvalue weighted by Crippen LogP contribution is 2.15. The largest absolute Gasteiger partial charge is 0.423 e. The molecule has 3 rings (SSSR count). The van der Waals surface area contributed by atoms with E-state index in [2.05, 4.69) is 0 Å². The van der Waals surface area contributed by atoms with Gasteiger partial charge in [-0.3, -0.25) is 0 Å². The smallest absolute Gasteiger partial charge is 0.343 e. The Morgan fingerprint density at radius 1 is 0.826 bits per heavy atom. The topological polar surface area (TPSA) is 30.2 Å². The number of rotatable bonds is 4. The summed E-state index contributed by atoms with van der Waals surface area (Å²) >= 11 is 0. The summed E-state index contributed by atoms with van der Waals surface area (Å²) in [6, 6.07) is 22.3. The molecule has 112 valence electrons. The molecule has 23 heavy (non-hydrogen) atoms. The van der Waals surface area contributed by atoms with E-state index in [1.807, 2.05) is 77.8 Å². The van der Waals surface area contributed by atoms with Gasteiger partial charge in [0, 0.05) is 18.2 Å². The molecular weight excluding hydrogens is 286 g/mol. The summed E-state index contributed by atoms with van der Waals surface area (Å²) in [5.41, 5.74) is 1.57. The van der Waals surface area contributed by atoms with Crippen molar-refractivity contribution in [1.29, 1.82) is 0 Å². The fourth-order valence-corrected chi connectivity index (χ4v) is 2.07. The molecule has 1 aromatic heterocycles. The van der Waals surface area contributed by atoms with E-state index in [0.29, 0.717) is 11.3 Å². The fraction of sp³-hybridized carbons (Fsp3) is 0. The van der Waals surface area contributed by atoms with E-state index < -0.39 is 0 Å². The molecular formula is C20H16NO2+. The van der Waals surface area contributed by atoms with Crippen LogP contribution in [-0.2, 0) is 0 Å². The molecule has 2 aromatic carbocycles. The Morgan fingerprint density at radius 3 is 2.17 bits per heavy atom. The predicted molar refractivity (Wildman–Crippen MR) is 89.7 cm³/mol. The number of esters is 1. The molecule has 1 heterocycles. The summed E-state index contributed by atoms with van der Waals surface area (Å²) in [4.78, 5) is 12.0. The first-order chi connectivity index (χ1) is 11.3. The molecule has 0 N–H and O–H groups in total. The van der Waals surface area contributed by atoms with Crippen molar-refractivity contribution in [3.8, 4) is 5.75 Å². The average molecular weight is 302 g/mol. The van der Waals surface area contributed by atoms with Crippen molar-refractivity contribution in [2.75, 3.05) is 0 Å². The molecule has 0 spiro atoms. The monoisotopic (exact) mass is 302 g/mol. The van der Waals surface area contributed by atoms with Crippen LogP contribution in [0.3, 0.4) is 0 Å². The van der Waals surface area contributed by atoms with Crippen LogP contribution in [0, 0.1) is 0 Å². The molecule has 0 aliphatic heterocycles. The van der Waals surface area contributed by atoms with Gasteiger partial charge < -0.3 is 4.74 Å².